The fraction of sp³-hybridized carbons (Fsp3) is 0.479. The third-order valence-corrected chi connectivity index (χ3v) is 20.9. The monoisotopic (exact) mass is 1460 g/mol. The number of H-pyrrole nitrogens is 1. The summed E-state index contributed by atoms with van der Waals surface area (Å²) in [6, 6.07) is 8.44. The quantitative estimate of drug-likeness (QED) is 0.0135. The maximum atomic E-state index is 15.3. The van der Waals surface area contributed by atoms with Gasteiger partial charge in [-0.1, -0.05) is 51.8 Å². The first-order chi connectivity index (χ1) is 49.2. The second-order valence-corrected chi connectivity index (χ2v) is 28.3. The Morgan fingerprint density at radius 3 is 2.28 bits per heavy atom. The van der Waals surface area contributed by atoms with Gasteiger partial charge in [-0.25, -0.2) is 4.79 Å². The van der Waals surface area contributed by atoms with Gasteiger partial charge in [-0.15, -0.1) is 0 Å². The van der Waals surface area contributed by atoms with Gasteiger partial charge in [0, 0.05) is 117 Å². The lowest BCUT2D eigenvalue weighted by Gasteiger charge is -2.35. The number of phenols is 1. The fourth-order valence-corrected chi connectivity index (χ4v) is 14.4. The van der Waals surface area contributed by atoms with Crippen molar-refractivity contribution >= 4 is 121 Å². The van der Waals surface area contributed by atoms with E-state index in [2.05, 4.69) is 36.6 Å². The number of nitrogens with two attached hydrogens (primary N) is 1. The van der Waals surface area contributed by atoms with Crippen LogP contribution < -0.4 is 32.3 Å². The molecule has 4 aliphatic heterocycles. The van der Waals surface area contributed by atoms with E-state index in [9.17, 15) is 87.8 Å². The molecule has 9 amide bonds. The number of Topliss-reactive ketones (excluding diaryl/α,β-unsaturated/α-hetero) is 5. The minimum Gasteiger partial charge on any atom is -0.508 e. The van der Waals surface area contributed by atoms with Gasteiger partial charge in [0.15, 0.2) is 17.3 Å². The average molecular weight is 1460 g/mol. The number of fused-ring (bicyclic) bond motifs is 5. The normalized spacial score (nSPS) is 23.6. The van der Waals surface area contributed by atoms with Crippen LogP contribution in [0.4, 0.5) is 16.2 Å². The summed E-state index contributed by atoms with van der Waals surface area (Å²) in [7, 11) is -2.38. The molecule has 33 heteroatoms. The van der Waals surface area contributed by atoms with Gasteiger partial charge in [-0.3, -0.25) is 91.9 Å². The Labute approximate surface area is 599 Å². The number of aliphatic imine (C=N–C) groups is 1. The largest absolute Gasteiger partial charge is 0.508 e. The van der Waals surface area contributed by atoms with Gasteiger partial charge in [0.25, 0.3) is 17.5 Å². The van der Waals surface area contributed by atoms with Crippen molar-refractivity contribution < 1.29 is 96.3 Å². The maximum absolute atomic E-state index is 15.3. The van der Waals surface area contributed by atoms with E-state index in [1.165, 1.54) is 80.6 Å². The maximum Gasteiger partial charge on any atom is 0.411 e. The molecule has 1 saturated heterocycles. The summed E-state index contributed by atoms with van der Waals surface area (Å²) in [6.07, 6.45) is -4.56. The van der Waals surface area contributed by atoms with E-state index in [0.717, 1.165) is 15.9 Å². The van der Waals surface area contributed by atoms with Crippen molar-refractivity contribution in [3.05, 3.63) is 105 Å². The predicted molar refractivity (Wildman–Crippen MR) is 372 cm³/mol. The highest BCUT2D eigenvalue weighted by Crippen LogP contribution is 2.34. The summed E-state index contributed by atoms with van der Waals surface area (Å²) in [4.78, 5) is 213. The number of carbonyl (C=O) groups excluding carboxylic acids is 14. The second kappa shape index (κ2) is 35.1. The molecule has 556 valence electrons. The smallest absolute Gasteiger partial charge is 0.411 e. The number of phenolic OH excluding ortho intramolecular Hbond substituents is 1. The summed E-state index contributed by atoms with van der Waals surface area (Å²) >= 11 is 0. The number of unbranched alkanes of at least 4 members (excludes halogenated alkanes) is 2. The molecule has 32 nitrogen and oxygen atoms in total. The number of nitrogens with one attached hydrogen (secondary N) is 6. The van der Waals surface area contributed by atoms with Crippen LogP contribution in [0, 0.1) is 33.8 Å². The molecule has 2 bridgehead atoms. The van der Waals surface area contributed by atoms with Crippen molar-refractivity contribution in [1.29, 1.82) is 0 Å². The lowest BCUT2D eigenvalue weighted by Crippen LogP contribution is -2.61. The first-order valence-electron chi connectivity index (χ1n) is 34.1. The second-order valence-electron chi connectivity index (χ2n) is 26.9. The molecule has 1 unspecified atom stereocenters. The number of carbonyl (C=O) groups is 14. The number of ketones is 5. The predicted octanol–water partition coefficient (Wildman–Crippen LogP) is 2.34. The highest BCUT2D eigenvalue weighted by Gasteiger charge is 2.46. The number of anilines is 1. The Balaban J connectivity index is 1.01. The van der Waals surface area contributed by atoms with Gasteiger partial charge in [0.1, 0.15) is 53.1 Å². The summed E-state index contributed by atoms with van der Waals surface area (Å²) in [5.74, 6) is -16.2. The molecule has 1 fully saturated rings. The molecule has 0 spiro atoms. The highest BCUT2D eigenvalue weighted by atomic mass is 32.2. The van der Waals surface area contributed by atoms with Crippen LogP contribution in [0.2, 0.25) is 0 Å². The molecule has 8 rings (SSSR count). The Hall–Kier alpha value is -10.5. The number of primary amides is 1. The zero-order valence-corrected chi connectivity index (χ0v) is 58.8. The van der Waals surface area contributed by atoms with Crippen LogP contribution in [0.3, 0.4) is 0 Å². The van der Waals surface area contributed by atoms with Crippen LogP contribution >= 0.6 is 0 Å². The number of aliphatic hydroxyl groups excluding tert-OH is 2. The summed E-state index contributed by atoms with van der Waals surface area (Å²) in [6.45, 7) is 5.31. The van der Waals surface area contributed by atoms with E-state index < -0.39 is 234 Å². The van der Waals surface area contributed by atoms with Crippen LogP contribution in [0.1, 0.15) is 132 Å². The van der Waals surface area contributed by atoms with Crippen LogP contribution in [0.5, 0.6) is 5.75 Å². The van der Waals surface area contributed by atoms with E-state index in [1.54, 1.807) is 20.8 Å². The number of rotatable bonds is 22. The number of aromatic hydroxyl groups is 1. The number of hydrogen-bond donors (Lipinski definition) is 10. The van der Waals surface area contributed by atoms with Crippen molar-refractivity contribution in [3.8, 4) is 5.75 Å². The molecule has 11 N–H and O–H groups in total. The summed E-state index contributed by atoms with van der Waals surface area (Å²) < 4.78 is 20.4. The molecular weight excluding hydrogens is 1370 g/mol. The Morgan fingerprint density at radius 1 is 0.885 bits per heavy atom. The van der Waals surface area contributed by atoms with Gasteiger partial charge in [0.2, 0.25) is 35.4 Å². The number of benzene rings is 3. The Kier molecular flexibility index (Phi) is 26.7. The van der Waals surface area contributed by atoms with E-state index in [1.807, 2.05) is 0 Å². The fourth-order valence-electron chi connectivity index (χ4n) is 13.0. The number of aromatic nitrogens is 1. The lowest BCUT2D eigenvalue weighted by atomic mass is 9.82. The molecule has 0 saturated carbocycles. The molecular formula is C71H85N11O21S. The van der Waals surface area contributed by atoms with E-state index in [-0.39, 0.29) is 63.7 Å². The van der Waals surface area contributed by atoms with Crippen molar-refractivity contribution in [2.75, 3.05) is 43.9 Å². The van der Waals surface area contributed by atoms with Gasteiger partial charge in [-0.2, -0.15) is 0 Å². The third kappa shape index (κ3) is 20.0. The zero-order chi connectivity index (χ0) is 76.0. The number of ether oxygens (including phenoxy) is 1. The zero-order valence-electron chi connectivity index (χ0n) is 58.0. The molecule has 0 radical (unpaired) electrons. The minimum absolute atomic E-state index is 0.129. The summed E-state index contributed by atoms with van der Waals surface area (Å²) in [5.41, 5.74) is 4.73. The van der Waals surface area contributed by atoms with Crippen LogP contribution in [0.15, 0.2) is 82.8 Å². The van der Waals surface area contributed by atoms with Gasteiger partial charge < -0.3 is 56.9 Å². The van der Waals surface area contributed by atoms with E-state index in [0.29, 0.717) is 42.5 Å². The third-order valence-electron chi connectivity index (χ3n) is 19.4. The van der Waals surface area contributed by atoms with Crippen LogP contribution in [-0.2, 0) is 85.9 Å². The van der Waals surface area contributed by atoms with Crippen molar-refractivity contribution in [2.45, 2.75) is 159 Å². The number of nitro groups is 1. The van der Waals surface area contributed by atoms with Crippen LogP contribution in [-0.4, -0.2) is 202 Å². The van der Waals surface area contributed by atoms with E-state index >= 15 is 9.00 Å². The molecule has 0 aliphatic carbocycles. The standard InChI is InChI=1S/C71H85N11O21S/c1-6-37(2)71(5)69(98)74-32-47(85)26-43-36-104(102)67-51(49-18-16-46(84)29-52(49)77-67)27-42(56(87)19-20-61(92)79-71)28-57(88)64(78-66(96)55-30-48(86)34-81(55)68(97)53(31-60(72)91)76-65(43)95)38(3)59(90)35-103-70(99)75-44-14-12-41(13-15-44)39(4)73-33-58(89)50-17-11-40(25-54(50)82(100)101)24-45(83)10-8-7-9-23-80-62(93)21-22-63(80)94/h11-18,21-22,25,29,37-38,42-43,48,53,55,59,64,77,84,86,90H,6-10,19-20,23-24,26-28,30-36H2,1-5H3,(H2,72,91)(H,74,98)(H,75,99)(H,76,95)(H,78,96)(H,79,92)/t37-,38-,42-,43-,48-,53+,55+,59-,64+,71+,104?/m1/s1. The summed E-state index contributed by atoms with van der Waals surface area (Å²) in [5, 5.41) is 58.6. The molecule has 4 aromatic rings. The first-order valence-corrected chi connectivity index (χ1v) is 35.4. The van der Waals surface area contributed by atoms with Gasteiger partial charge >= 0.3 is 6.09 Å². The minimum atomic E-state index is -2.38. The lowest BCUT2D eigenvalue weighted by molar-refractivity contribution is -0.385. The number of nitro benzene ring substituents is 1. The molecule has 5 heterocycles. The molecule has 1 aromatic heterocycles. The number of aromatic amines is 1. The molecule has 4 aliphatic rings. The molecule has 104 heavy (non-hydrogen) atoms. The number of imide groups is 1. The van der Waals surface area contributed by atoms with E-state index in [4.69, 9.17) is 10.5 Å². The van der Waals surface area contributed by atoms with Crippen LogP contribution in [0.25, 0.3) is 10.9 Å². The topological polar surface area (TPSA) is 490 Å². The average Bonchev–Trinajstić information content (AvgIpc) is 1.59. The van der Waals surface area contributed by atoms with Gasteiger partial charge in [0.05, 0.1) is 63.9 Å². The molecule has 11 atom stereocenters. The SMILES string of the molecule is CC[C@@H](C)[C@]1(C)NC(=O)CCC(=O)[C@H]2CC(=O)[C@H]([C@H](C)[C@H](O)COC(=O)Nc3ccc(C(C)=NCC(=O)c4ccc(CC(=O)CCCCCN5C(=O)C=CC5=O)cc4[N+](=O)[O-])cc3)NC(=O)[C@@H]3C[C@@H](O)CN3C(=O)[C@H](CC(N)=O)NC(=O)[C@H](CC(=O)CNC1=O)CS(=O)c1[nH]c3cc(O)ccc3c1C2. The number of hydrogen-bond acceptors (Lipinski definition) is 22. The van der Waals surface area contributed by atoms with Crippen molar-refractivity contribution in [3.63, 3.8) is 0 Å². The number of nitrogens with zero attached hydrogens (tertiary/aromatic N) is 4. The Morgan fingerprint density at radius 2 is 1.60 bits per heavy atom. The highest BCUT2D eigenvalue weighted by molar-refractivity contribution is 7.85. The Bertz CT molecular complexity index is 4150. The molecule has 3 aromatic carbocycles. The van der Waals surface area contributed by atoms with Crippen molar-refractivity contribution in [1.82, 2.24) is 36.1 Å². The number of amides is 9. The van der Waals surface area contributed by atoms with Gasteiger partial charge in [-0.05, 0) is 86.1 Å². The number of aliphatic hydroxyl groups is 2. The first kappa shape index (κ1) is 79.2. The van der Waals surface area contributed by atoms with Crippen molar-refractivity contribution in [2.24, 2.45) is 34.4 Å².